The molecule has 0 unspecified atom stereocenters. The van der Waals surface area contributed by atoms with Crippen molar-refractivity contribution in [1.82, 2.24) is 0 Å². The molecule has 0 radical (unpaired) electrons. The number of nitrogens with one attached hydrogen (secondary N) is 1. The summed E-state index contributed by atoms with van der Waals surface area (Å²) >= 11 is 5.84. The highest BCUT2D eigenvalue weighted by molar-refractivity contribution is 9.10. The van der Waals surface area contributed by atoms with Crippen LogP contribution in [0.1, 0.15) is 0 Å². The van der Waals surface area contributed by atoms with E-state index in [1.807, 2.05) is 4.72 Å². The largest absolute Gasteiger partial charge is 0.573 e. The molecular formula is C13H7Br2F4NO3S. The van der Waals surface area contributed by atoms with Crippen LogP contribution in [0.5, 0.6) is 5.75 Å². The van der Waals surface area contributed by atoms with Gasteiger partial charge in [0.05, 0.1) is 10.2 Å². The zero-order valence-electron chi connectivity index (χ0n) is 11.4. The van der Waals surface area contributed by atoms with Gasteiger partial charge in [-0.15, -0.1) is 13.2 Å². The van der Waals surface area contributed by atoms with Crippen molar-refractivity contribution < 1.29 is 30.7 Å². The Morgan fingerprint density at radius 3 is 2.29 bits per heavy atom. The molecule has 0 aliphatic rings. The molecule has 2 rings (SSSR count). The molecule has 24 heavy (non-hydrogen) atoms. The third kappa shape index (κ3) is 4.84. The minimum absolute atomic E-state index is 0.107. The zero-order chi connectivity index (χ0) is 18.1. The van der Waals surface area contributed by atoms with Gasteiger partial charge in [-0.1, -0.05) is 15.9 Å². The average molecular weight is 493 g/mol. The van der Waals surface area contributed by atoms with Crippen molar-refractivity contribution in [2.75, 3.05) is 4.72 Å². The molecule has 2 aromatic carbocycles. The van der Waals surface area contributed by atoms with E-state index < -0.39 is 32.8 Å². The number of ether oxygens (including phenoxy) is 1. The SMILES string of the molecule is O=S(=O)(Nc1ccc(Br)c(F)c1)c1ccc(Br)cc1OC(F)(F)F. The molecule has 0 spiro atoms. The summed E-state index contributed by atoms with van der Waals surface area (Å²) in [7, 11) is -4.44. The van der Waals surface area contributed by atoms with Crippen LogP contribution < -0.4 is 9.46 Å². The molecule has 4 nitrogen and oxygen atoms in total. The number of halogens is 6. The van der Waals surface area contributed by atoms with Crippen molar-refractivity contribution in [1.29, 1.82) is 0 Å². The van der Waals surface area contributed by atoms with Gasteiger partial charge >= 0.3 is 6.36 Å². The van der Waals surface area contributed by atoms with Crippen molar-refractivity contribution in [2.45, 2.75) is 11.3 Å². The van der Waals surface area contributed by atoms with Crippen LogP contribution in [0.25, 0.3) is 0 Å². The number of hydrogen-bond acceptors (Lipinski definition) is 3. The molecule has 0 saturated heterocycles. The number of alkyl halides is 3. The zero-order valence-corrected chi connectivity index (χ0v) is 15.4. The van der Waals surface area contributed by atoms with E-state index in [0.717, 1.165) is 18.2 Å². The van der Waals surface area contributed by atoms with E-state index in [0.29, 0.717) is 0 Å². The lowest BCUT2D eigenvalue weighted by Gasteiger charge is -2.15. The molecule has 0 aromatic heterocycles. The van der Waals surface area contributed by atoms with E-state index in [-0.39, 0.29) is 14.6 Å². The second-order valence-corrected chi connectivity index (χ2v) is 7.79. The van der Waals surface area contributed by atoms with E-state index in [4.69, 9.17) is 0 Å². The van der Waals surface area contributed by atoms with Crippen LogP contribution in [0, 0.1) is 5.82 Å². The molecule has 0 fully saturated rings. The first-order valence-electron chi connectivity index (χ1n) is 6.01. The van der Waals surface area contributed by atoms with Crippen LogP contribution in [0.15, 0.2) is 50.2 Å². The Morgan fingerprint density at radius 1 is 1.04 bits per heavy atom. The molecule has 130 valence electrons. The van der Waals surface area contributed by atoms with E-state index in [1.54, 1.807) is 0 Å². The van der Waals surface area contributed by atoms with E-state index in [1.165, 1.54) is 18.2 Å². The van der Waals surface area contributed by atoms with E-state index >= 15 is 0 Å². The Labute approximate surface area is 151 Å². The first kappa shape index (κ1) is 19.0. The van der Waals surface area contributed by atoms with Crippen molar-refractivity contribution >= 4 is 47.6 Å². The van der Waals surface area contributed by atoms with Crippen LogP contribution >= 0.6 is 31.9 Å². The molecule has 2 aromatic rings. The fourth-order valence-corrected chi connectivity index (χ4v) is 3.42. The summed E-state index contributed by atoms with van der Waals surface area (Å²) in [6.07, 6.45) is -5.07. The van der Waals surface area contributed by atoms with Gasteiger partial charge in [-0.2, -0.15) is 0 Å². The van der Waals surface area contributed by atoms with Crippen molar-refractivity contribution in [3.63, 3.8) is 0 Å². The third-order valence-corrected chi connectivity index (χ3v) is 5.15. The van der Waals surface area contributed by atoms with Crippen LogP contribution in [0.3, 0.4) is 0 Å². The van der Waals surface area contributed by atoms with E-state index in [9.17, 15) is 26.0 Å². The molecule has 0 amide bonds. The molecule has 0 bridgehead atoms. The van der Waals surface area contributed by atoms with Gasteiger partial charge in [-0.3, -0.25) is 4.72 Å². The van der Waals surface area contributed by atoms with Crippen molar-refractivity contribution in [2.24, 2.45) is 0 Å². The Hall–Kier alpha value is -1.33. The van der Waals surface area contributed by atoms with E-state index in [2.05, 4.69) is 36.6 Å². The lowest BCUT2D eigenvalue weighted by atomic mass is 10.3. The molecule has 1 N–H and O–H groups in total. The van der Waals surface area contributed by atoms with Gasteiger partial charge < -0.3 is 4.74 Å². The summed E-state index contributed by atoms with van der Waals surface area (Å²) < 4.78 is 81.5. The van der Waals surface area contributed by atoms with Gasteiger partial charge in [-0.05, 0) is 52.3 Å². The lowest BCUT2D eigenvalue weighted by molar-refractivity contribution is -0.275. The summed E-state index contributed by atoms with van der Waals surface area (Å²) in [5.74, 6) is -1.65. The minimum atomic E-state index is -5.07. The fourth-order valence-electron chi connectivity index (χ4n) is 1.68. The van der Waals surface area contributed by atoms with Gasteiger partial charge in [0.2, 0.25) is 0 Å². The maximum absolute atomic E-state index is 13.5. The molecule has 0 aliphatic carbocycles. The van der Waals surface area contributed by atoms with Crippen molar-refractivity contribution in [3.05, 3.63) is 51.2 Å². The third-order valence-electron chi connectivity index (χ3n) is 2.59. The minimum Gasteiger partial charge on any atom is -0.404 e. The highest BCUT2D eigenvalue weighted by atomic mass is 79.9. The number of benzene rings is 2. The second-order valence-electron chi connectivity index (χ2n) is 4.37. The van der Waals surface area contributed by atoms with Crippen LogP contribution in [0.2, 0.25) is 0 Å². The molecular weight excluding hydrogens is 486 g/mol. The maximum atomic E-state index is 13.5. The molecule has 0 saturated carbocycles. The normalized spacial score (nSPS) is 12.1. The predicted molar refractivity (Wildman–Crippen MR) is 85.7 cm³/mol. The first-order chi connectivity index (χ1) is 11.0. The van der Waals surface area contributed by atoms with Gasteiger partial charge in [0.1, 0.15) is 10.7 Å². The standard InChI is InChI=1S/C13H7Br2F4NO3S/c14-7-1-4-12(11(5-7)23-13(17,18)19)24(21,22)20-8-2-3-9(15)10(16)6-8/h1-6,20H. The summed E-state index contributed by atoms with van der Waals surface area (Å²) in [6.45, 7) is 0. The van der Waals surface area contributed by atoms with Gasteiger partial charge in [0, 0.05) is 4.47 Å². The molecule has 11 heteroatoms. The van der Waals surface area contributed by atoms with Crippen LogP contribution in [-0.2, 0) is 10.0 Å². The summed E-state index contributed by atoms with van der Waals surface area (Å²) in [6, 6.07) is 6.41. The first-order valence-corrected chi connectivity index (χ1v) is 9.08. The van der Waals surface area contributed by atoms with Crippen LogP contribution in [0.4, 0.5) is 23.2 Å². The summed E-state index contributed by atoms with van der Waals surface area (Å²) in [5.41, 5.74) is -0.156. The second kappa shape index (κ2) is 6.89. The molecule has 0 heterocycles. The number of sulfonamides is 1. The predicted octanol–water partition coefficient (Wildman–Crippen LogP) is 5.05. The smallest absolute Gasteiger partial charge is 0.404 e. The van der Waals surface area contributed by atoms with Gasteiger partial charge in [0.15, 0.2) is 5.75 Å². The number of rotatable bonds is 4. The van der Waals surface area contributed by atoms with Crippen molar-refractivity contribution in [3.8, 4) is 5.75 Å². The Balaban J connectivity index is 2.43. The topological polar surface area (TPSA) is 55.4 Å². The van der Waals surface area contributed by atoms with Gasteiger partial charge in [0.25, 0.3) is 10.0 Å². The summed E-state index contributed by atoms with van der Waals surface area (Å²) in [5, 5.41) is 0. The van der Waals surface area contributed by atoms with Crippen LogP contribution in [-0.4, -0.2) is 14.8 Å². The Bertz CT molecular complexity index is 872. The highest BCUT2D eigenvalue weighted by Gasteiger charge is 2.34. The highest BCUT2D eigenvalue weighted by Crippen LogP contribution is 2.33. The number of anilines is 1. The quantitative estimate of drug-likeness (QED) is 0.607. The fraction of sp³-hybridized carbons (Fsp3) is 0.0769. The Morgan fingerprint density at radius 2 is 1.71 bits per heavy atom. The average Bonchev–Trinajstić information content (AvgIpc) is 2.40. The Kier molecular flexibility index (Phi) is 5.45. The monoisotopic (exact) mass is 491 g/mol. The molecule has 0 aliphatic heterocycles. The molecule has 0 atom stereocenters. The van der Waals surface area contributed by atoms with Gasteiger partial charge in [-0.25, -0.2) is 12.8 Å². The summed E-state index contributed by atoms with van der Waals surface area (Å²) in [4.78, 5) is -0.744. The maximum Gasteiger partial charge on any atom is 0.573 e. The lowest BCUT2D eigenvalue weighted by Crippen LogP contribution is -2.21. The number of hydrogen-bond donors (Lipinski definition) is 1.